The van der Waals surface area contributed by atoms with Crippen LogP contribution in [0, 0.1) is 13.8 Å². The minimum atomic E-state index is -3.98. The molecule has 0 bridgehead atoms. The van der Waals surface area contributed by atoms with Gasteiger partial charge in [0.1, 0.15) is 11.8 Å². The molecule has 0 aromatic heterocycles. The van der Waals surface area contributed by atoms with Crippen LogP contribution in [0.5, 0.6) is 5.75 Å². The summed E-state index contributed by atoms with van der Waals surface area (Å²) in [7, 11) is -3.98. The van der Waals surface area contributed by atoms with Crippen LogP contribution in [0.15, 0.2) is 71.6 Å². The number of halogens is 1. The lowest BCUT2D eigenvalue weighted by atomic mass is 10.1. The maximum atomic E-state index is 13.2. The van der Waals surface area contributed by atoms with Crippen LogP contribution < -0.4 is 14.8 Å². The van der Waals surface area contributed by atoms with Crippen LogP contribution in [-0.2, 0) is 21.2 Å². The normalized spacial score (nSPS) is 12.2. The number of aryl methyl sites for hydroxylation is 2. The second-order valence-electron chi connectivity index (χ2n) is 7.67. The summed E-state index contributed by atoms with van der Waals surface area (Å²) in [6.07, 6.45) is 0.189. The van der Waals surface area contributed by atoms with Gasteiger partial charge in [-0.05, 0) is 80.3 Å². The standard InChI is InChI=1S/C25H27ClN2O4S/c1-4-32-24-13-11-21(15-18(24)3)33(30,31)28-23(16-19-8-6-5-7-9-19)25(29)27-22-12-10-20(26)14-17(22)2/h5-15,23,28H,4,16H2,1-3H3,(H,27,29). The number of carbonyl (C=O) groups is 1. The van der Waals surface area contributed by atoms with E-state index in [-0.39, 0.29) is 11.3 Å². The number of rotatable bonds is 9. The topological polar surface area (TPSA) is 84.5 Å². The molecule has 3 aromatic carbocycles. The minimum Gasteiger partial charge on any atom is -0.494 e. The van der Waals surface area contributed by atoms with Gasteiger partial charge in [-0.25, -0.2) is 8.42 Å². The SMILES string of the molecule is CCOc1ccc(S(=O)(=O)NC(Cc2ccccc2)C(=O)Nc2ccc(Cl)cc2C)cc1C. The lowest BCUT2D eigenvalue weighted by molar-refractivity contribution is -0.117. The number of sulfonamides is 1. The lowest BCUT2D eigenvalue weighted by Crippen LogP contribution is -2.45. The van der Waals surface area contributed by atoms with Crippen LogP contribution >= 0.6 is 11.6 Å². The first-order chi connectivity index (χ1) is 15.7. The summed E-state index contributed by atoms with van der Waals surface area (Å²) in [6.45, 7) is 5.94. The van der Waals surface area contributed by atoms with Gasteiger partial charge in [0.2, 0.25) is 15.9 Å². The highest BCUT2D eigenvalue weighted by Crippen LogP contribution is 2.23. The zero-order chi connectivity index (χ0) is 24.0. The molecular weight excluding hydrogens is 460 g/mol. The molecule has 0 aliphatic rings. The molecule has 0 fully saturated rings. The van der Waals surface area contributed by atoms with E-state index >= 15 is 0 Å². The van der Waals surface area contributed by atoms with Gasteiger partial charge in [0.25, 0.3) is 0 Å². The maximum absolute atomic E-state index is 13.2. The third-order valence-corrected chi connectivity index (χ3v) is 6.80. The molecule has 174 valence electrons. The van der Waals surface area contributed by atoms with Crippen molar-refractivity contribution in [2.24, 2.45) is 0 Å². The first-order valence-electron chi connectivity index (χ1n) is 10.6. The van der Waals surface area contributed by atoms with E-state index in [9.17, 15) is 13.2 Å². The van der Waals surface area contributed by atoms with E-state index < -0.39 is 22.0 Å². The van der Waals surface area contributed by atoms with Crippen LogP contribution in [0.2, 0.25) is 5.02 Å². The molecule has 8 heteroatoms. The summed E-state index contributed by atoms with van der Waals surface area (Å²) in [4.78, 5) is 13.2. The number of nitrogens with one attached hydrogen (secondary N) is 2. The zero-order valence-electron chi connectivity index (χ0n) is 18.8. The molecule has 1 unspecified atom stereocenters. The van der Waals surface area contributed by atoms with Crippen molar-refractivity contribution in [3.05, 3.63) is 88.4 Å². The van der Waals surface area contributed by atoms with E-state index in [2.05, 4.69) is 10.0 Å². The highest BCUT2D eigenvalue weighted by molar-refractivity contribution is 7.89. The fraction of sp³-hybridized carbons (Fsp3) is 0.240. The molecular formula is C25H27ClN2O4S. The molecule has 0 aliphatic carbocycles. The van der Waals surface area contributed by atoms with Gasteiger partial charge in [0, 0.05) is 10.7 Å². The van der Waals surface area contributed by atoms with Gasteiger partial charge in [-0.2, -0.15) is 4.72 Å². The van der Waals surface area contributed by atoms with Gasteiger partial charge in [-0.15, -0.1) is 0 Å². The van der Waals surface area contributed by atoms with Gasteiger partial charge < -0.3 is 10.1 Å². The van der Waals surface area contributed by atoms with Gasteiger partial charge in [-0.3, -0.25) is 4.79 Å². The molecule has 0 saturated heterocycles. The molecule has 0 spiro atoms. The van der Waals surface area contributed by atoms with Gasteiger partial charge >= 0.3 is 0 Å². The molecule has 3 aromatic rings. The molecule has 1 atom stereocenters. The smallest absolute Gasteiger partial charge is 0.242 e. The van der Waals surface area contributed by atoms with Crippen LogP contribution in [0.1, 0.15) is 23.6 Å². The van der Waals surface area contributed by atoms with E-state index in [1.165, 1.54) is 12.1 Å². The Morgan fingerprint density at radius 1 is 1.00 bits per heavy atom. The predicted octanol–water partition coefficient (Wildman–Crippen LogP) is 4.88. The van der Waals surface area contributed by atoms with E-state index in [1.54, 1.807) is 31.2 Å². The van der Waals surface area contributed by atoms with Crippen molar-refractivity contribution in [2.45, 2.75) is 38.1 Å². The number of anilines is 1. The van der Waals surface area contributed by atoms with E-state index in [4.69, 9.17) is 16.3 Å². The van der Waals surface area contributed by atoms with Gasteiger partial charge in [-0.1, -0.05) is 41.9 Å². The number of hydrogen-bond donors (Lipinski definition) is 2. The summed E-state index contributed by atoms with van der Waals surface area (Å²) >= 11 is 6.01. The summed E-state index contributed by atoms with van der Waals surface area (Å²) in [6, 6.07) is 18.0. The van der Waals surface area contributed by atoms with Crippen molar-refractivity contribution in [1.82, 2.24) is 4.72 Å². The van der Waals surface area contributed by atoms with Crippen LogP contribution in [-0.4, -0.2) is 27.0 Å². The van der Waals surface area contributed by atoms with E-state index in [0.29, 0.717) is 28.6 Å². The van der Waals surface area contributed by atoms with Crippen molar-refractivity contribution in [1.29, 1.82) is 0 Å². The Bertz CT molecular complexity index is 1230. The Morgan fingerprint density at radius 3 is 2.36 bits per heavy atom. The van der Waals surface area contributed by atoms with Crippen molar-refractivity contribution < 1.29 is 17.9 Å². The summed E-state index contributed by atoms with van der Waals surface area (Å²) in [5.74, 6) is 0.156. The Morgan fingerprint density at radius 2 is 1.73 bits per heavy atom. The fourth-order valence-electron chi connectivity index (χ4n) is 3.39. The maximum Gasteiger partial charge on any atom is 0.242 e. The molecule has 0 aliphatic heterocycles. The third-order valence-electron chi connectivity index (χ3n) is 5.10. The summed E-state index contributed by atoms with van der Waals surface area (Å²) in [5.41, 5.74) is 2.87. The second kappa shape index (κ2) is 10.8. The molecule has 2 N–H and O–H groups in total. The monoisotopic (exact) mass is 486 g/mol. The lowest BCUT2D eigenvalue weighted by Gasteiger charge is -2.20. The molecule has 0 saturated carbocycles. The zero-order valence-corrected chi connectivity index (χ0v) is 20.3. The van der Waals surface area contributed by atoms with Crippen molar-refractivity contribution in [2.75, 3.05) is 11.9 Å². The predicted molar refractivity (Wildman–Crippen MR) is 131 cm³/mol. The number of ether oxygens (including phenoxy) is 1. The number of benzene rings is 3. The average Bonchev–Trinajstić information content (AvgIpc) is 2.77. The van der Waals surface area contributed by atoms with Crippen LogP contribution in [0.25, 0.3) is 0 Å². The van der Waals surface area contributed by atoms with Crippen molar-refractivity contribution >= 4 is 33.2 Å². The average molecular weight is 487 g/mol. The third kappa shape index (κ3) is 6.57. The van der Waals surface area contributed by atoms with E-state index in [0.717, 1.165) is 11.1 Å². The molecule has 1 amide bonds. The fourth-order valence-corrected chi connectivity index (χ4v) is 4.89. The van der Waals surface area contributed by atoms with E-state index in [1.807, 2.05) is 44.2 Å². The first-order valence-corrected chi connectivity index (χ1v) is 12.4. The quantitative estimate of drug-likeness (QED) is 0.451. The highest BCUT2D eigenvalue weighted by Gasteiger charge is 2.27. The Kier molecular flexibility index (Phi) is 8.13. The Hall–Kier alpha value is -2.87. The van der Waals surface area contributed by atoms with Crippen LogP contribution in [0.3, 0.4) is 0 Å². The molecule has 0 heterocycles. The Balaban J connectivity index is 1.88. The minimum absolute atomic E-state index is 0.0667. The largest absolute Gasteiger partial charge is 0.494 e. The second-order valence-corrected chi connectivity index (χ2v) is 9.82. The highest BCUT2D eigenvalue weighted by atomic mass is 35.5. The number of carbonyl (C=O) groups excluding carboxylic acids is 1. The van der Waals surface area contributed by atoms with Crippen molar-refractivity contribution in [3.63, 3.8) is 0 Å². The molecule has 33 heavy (non-hydrogen) atoms. The number of hydrogen-bond acceptors (Lipinski definition) is 4. The number of amides is 1. The summed E-state index contributed by atoms with van der Waals surface area (Å²) in [5, 5.41) is 3.38. The van der Waals surface area contributed by atoms with Crippen molar-refractivity contribution in [3.8, 4) is 5.75 Å². The Labute approximate surface area is 200 Å². The molecule has 0 radical (unpaired) electrons. The summed E-state index contributed by atoms with van der Waals surface area (Å²) < 4.78 is 34.4. The van der Waals surface area contributed by atoms with Gasteiger partial charge in [0.05, 0.1) is 11.5 Å². The van der Waals surface area contributed by atoms with Crippen LogP contribution in [0.4, 0.5) is 5.69 Å². The molecule has 3 rings (SSSR count). The van der Waals surface area contributed by atoms with Gasteiger partial charge in [0.15, 0.2) is 0 Å². The first kappa shape index (κ1) is 24.8. The molecule has 6 nitrogen and oxygen atoms in total.